The molecule has 2 aliphatic rings. The van der Waals surface area contributed by atoms with E-state index < -0.39 is 0 Å². The van der Waals surface area contributed by atoms with Crippen LogP contribution in [0.15, 0.2) is 47.6 Å². The Labute approximate surface area is 154 Å². The molecule has 0 saturated heterocycles. The molecule has 0 saturated carbocycles. The minimum atomic E-state index is -0.221. The largest absolute Gasteiger partial charge is 0.507 e. The van der Waals surface area contributed by atoms with Crippen LogP contribution in [0.4, 0.5) is 10.5 Å². The molecule has 26 heavy (non-hydrogen) atoms. The van der Waals surface area contributed by atoms with E-state index in [2.05, 4.69) is 15.8 Å². The van der Waals surface area contributed by atoms with Crippen molar-refractivity contribution >= 4 is 46.0 Å². The van der Waals surface area contributed by atoms with Gasteiger partial charge in [-0.15, -0.1) is 0 Å². The van der Waals surface area contributed by atoms with Crippen molar-refractivity contribution in [2.45, 2.75) is 12.2 Å². The molecule has 4 rings (SSSR count). The van der Waals surface area contributed by atoms with E-state index in [1.165, 1.54) is 11.8 Å². The van der Waals surface area contributed by atoms with E-state index >= 15 is 0 Å². The van der Waals surface area contributed by atoms with E-state index in [-0.39, 0.29) is 22.1 Å². The molecule has 1 atom stereocenters. The first-order valence-corrected chi connectivity index (χ1v) is 8.91. The average Bonchev–Trinajstić information content (AvgIpc) is 2.92. The SMILES string of the molecule is CC1SC(=O)NN=C1c1ccc2c(c1)/C(=C/c1ccccc1O)C(=O)N2. The van der Waals surface area contributed by atoms with E-state index in [0.717, 1.165) is 16.8 Å². The van der Waals surface area contributed by atoms with E-state index in [9.17, 15) is 14.7 Å². The van der Waals surface area contributed by atoms with Gasteiger partial charge < -0.3 is 10.4 Å². The van der Waals surface area contributed by atoms with Crippen molar-refractivity contribution in [3.8, 4) is 5.75 Å². The maximum atomic E-state index is 12.4. The van der Waals surface area contributed by atoms with Gasteiger partial charge in [-0.25, -0.2) is 5.43 Å². The minimum absolute atomic E-state index is 0.0857. The van der Waals surface area contributed by atoms with Gasteiger partial charge in [0.25, 0.3) is 11.1 Å². The highest BCUT2D eigenvalue weighted by Crippen LogP contribution is 2.36. The predicted octanol–water partition coefficient (Wildman–Crippen LogP) is 3.43. The molecule has 0 aliphatic carbocycles. The van der Waals surface area contributed by atoms with Crippen LogP contribution in [0, 0.1) is 0 Å². The quantitative estimate of drug-likeness (QED) is 0.711. The number of thioether (sulfide) groups is 1. The summed E-state index contributed by atoms with van der Waals surface area (Å²) in [5.41, 5.74) is 6.56. The predicted molar refractivity (Wildman–Crippen MR) is 103 cm³/mol. The maximum Gasteiger partial charge on any atom is 0.299 e. The van der Waals surface area contributed by atoms with Crippen LogP contribution in [-0.2, 0) is 4.79 Å². The van der Waals surface area contributed by atoms with Crippen LogP contribution in [0.1, 0.15) is 23.6 Å². The van der Waals surface area contributed by atoms with Crippen molar-refractivity contribution in [1.82, 2.24) is 5.43 Å². The number of para-hydroxylation sites is 1. The number of nitrogens with zero attached hydrogens (tertiary/aromatic N) is 1. The van der Waals surface area contributed by atoms with E-state index in [4.69, 9.17) is 0 Å². The fourth-order valence-electron chi connectivity index (χ4n) is 2.99. The lowest BCUT2D eigenvalue weighted by atomic mass is 9.98. The molecule has 0 spiro atoms. The Morgan fingerprint density at radius 2 is 2.00 bits per heavy atom. The zero-order valence-corrected chi connectivity index (χ0v) is 14.6. The number of hydrogen-bond donors (Lipinski definition) is 3. The van der Waals surface area contributed by atoms with E-state index in [1.807, 2.05) is 25.1 Å². The third-order valence-electron chi connectivity index (χ3n) is 4.27. The van der Waals surface area contributed by atoms with Gasteiger partial charge in [-0.2, -0.15) is 5.10 Å². The first-order valence-electron chi connectivity index (χ1n) is 8.03. The third kappa shape index (κ3) is 2.86. The number of nitrogens with one attached hydrogen (secondary N) is 2. The zero-order chi connectivity index (χ0) is 18.3. The Balaban J connectivity index is 1.78. The smallest absolute Gasteiger partial charge is 0.299 e. The van der Waals surface area contributed by atoms with Gasteiger partial charge in [0.1, 0.15) is 5.75 Å². The monoisotopic (exact) mass is 365 g/mol. The van der Waals surface area contributed by atoms with Crippen LogP contribution < -0.4 is 10.7 Å². The lowest BCUT2D eigenvalue weighted by Crippen LogP contribution is -2.29. The number of carbonyl (C=O) groups is 2. The molecule has 0 bridgehead atoms. The molecular formula is C19H15N3O3S. The Bertz CT molecular complexity index is 997. The minimum Gasteiger partial charge on any atom is -0.507 e. The summed E-state index contributed by atoms with van der Waals surface area (Å²) in [7, 11) is 0. The molecule has 3 N–H and O–H groups in total. The first-order chi connectivity index (χ1) is 12.5. The van der Waals surface area contributed by atoms with Crippen LogP contribution in [-0.4, -0.2) is 27.2 Å². The number of hydrogen-bond acceptors (Lipinski definition) is 5. The van der Waals surface area contributed by atoms with Gasteiger partial charge in [-0.05, 0) is 36.8 Å². The number of fused-ring (bicyclic) bond motifs is 1. The van der Waals surface area contributed by atoms with Crippen molar-refractivity contribution in [3.63, 3.8) is 0 Å². The molecule has 130 valence electrons. The maximum absolute atomic E-state index is 12.4. The van der Waals surface area contributed by atoms with E-state index in [0.29, 0.717) is 16.8 Å². The third-order valence-corrected chi connectivity index (χ3v) is 5.15. The molecular weight excluding hydrogens is 350 g/mol. The van der Waals surface area contributed by atoms with Crippen LogP contribution >= 0.6 is 11.8 Å². The molecule has 2 amide bonds. The average molecular weight is 365 g/mol. The summed E-state index contributed by atoms with van der Waals surface area (Å²) in [4.78, 5) is 23.8. The van der Waals surface area contributed by atoms with Gasteiger partial charge in [0.05, 0.1) is 11.0 Å². The molecule has 6 nitrogen and oxygen atoms in total. The number of rotatable bonds is 2. The summed E-state index contributed by atoms with van der Waals surface area (Å²) in [6.45, 7) is 1.91. The number of phenolic OH excluding ortho intramolecular Hbond substituents is 1. The normalized spacial score (nSPS) is 20.4. The number of benzene rings is 2. The number of amides is 2. The molecule has 0 radical (unpaired) electrons. The molecule has 2 aromatic carbocycles. The summed E-state index contributed by atoms with van der Waals surface area (Å²) in [6, 6.07) is 12.4. The second-order valence-electron chi connectivity index (χ2n) is 5.99. The number of carbonyl (C=O) groups excluding carboxylic acids is 2. The summed E-state index contributed by atoms with van der Waals surface area (Å²) in [5.74, 6) is -0.108. The first kappa shape index (κ1) is 16.4. The van der Waals surface area contributed by atoms with Crippen LogP contribution in [0.5, 0.6) is 5.75 Å². The van der Waals surface area contributed by atoms with Crippen molar-refractivity contribution in [1.29, 1.82) is 0 Å². The number of anilines is 1. The molecule has 2 heterocycles. The Kier molecular flexibility index (Phi) is 4.00. The molecule has 0 fully saturated rings. The molecule has 2 aromatic rings. The Morgan fingerprint density at radius 1 is 1.19 bits per heavy atom. The lowest BCUT2D eigenvalue weighted by molar-refractivity contribution is -0.110. The van der Waals surface area contributed by atoms with Crippen molar-refractivity contribution in [2.75, 3.05) is 5.32 Å². The Hall–Kier alpha value is -3.06. The van der Waals surface area contributed by atoms with Gasteiger partial charge in [-0.1, -0.05) is 36.0 Å². The van der Waals surface area contributed by atoms with Gasteiger partial charge in [0, 0.05) is 22.4 Å². The van der Waals surface area contributed by atoms with Crippen molar-refractivity contribution in [2.24, 2.45) is 5.10 Å². The van der Waals surface area contributed by atoms with Crippen LogP contribution in [0.2, 0.25) is 0 Å². The fraction of sp³-hybridized carbons (Fsp3) is 0.105. The summed E-state index contributed by atoms with van der Waals surface area (Å²) >= 11 is 1.17. The second-order valence-corrected chi connectivity index (χ2v) is 7.30. The van der Waals surface area contributed by atoms with Crippen molar-refractivity contribution < 1.29 is 14.7 Å². The number of aromatic hydroxyl groups is 1. The highest BCUT2D eigenvalue weighted by atomic mass is 32.2. The number of phenols is 1. The highest BCUT2D eigenvalue weighted by Gasteiger charge is 2.28. The summed E-state index contributed by atoms with van der Waals surface area (Å²) in [5, 5.41) is 16.7. The topological polar surface area (TPSA) is 90.8 Å². The molecule has 1 unspecified atom stereocenters. The number of hydrazone groups is 1. The Morgan fingerprint density at radius 3 is 2.77 bits per heavy atom. The van der Waals surface area contributed by atoms with Crippen LogP contribution in [0.3, 0.4) is 0 Å². The standard InChI is InChI=1S/C19H15N3O3S/c1-10-17(21-22-19(25)26-10)12-6-7-15-13(9-12)14(18(24)20-15)8-11-4-2-3-5-16(11)23/h2-10,23H,1H3,(H,20,24)(H,22,25)/b14-8-. The summed E-state index contributed by atoms with van der Waals surface area (Å²) < 4.78 is 0. The second kappa shape index (κ2) is 6.34. The lowest BCUT2D eigenvalue weighted by Gasteiger charge is -2.18. The molecule has 7 heteroatoms. The fourth-order valence-corrected chi connectivity index (χ4v) is 3.71. The van der Waals surface area contributed by atoms with Crippen LogP contribution in [0.25, 0.3) is 11.6 Å². The molecule has 2 aliphatic heterocycles. The van der Waals surface area contributed by atoms with Gasteiger partial charge in [-0.3, -0.25) is 9.59 Å². The molecule has 0 aromatic heterocycles. The van der Waals surface area contributed by atoms with Crippen molar-refractivity contribution in [3.05, 3.63) is 59.2 Å². The van der Waals surface area contributed by atoms with Gasteiger partial charge >= 0.3 is 0 Å². The highest BCUT2D eigenvalue weighted by molar-refractivity contribution is 8.14. The summed E-state index contributed by atoms with van der Waals surface area (Å²) in [6.07, 6.45) is 1.67. The zero-order valence-electron chi connectivity index (χ0n) is 13.8. The van der Waals surface area contributed by atoms with Gasteiger partial charge in [0.15, 0.2) is 0 Å². The van der Waals surface area contributed by atoms with E-state index in [1.54, 1.807) is 30.3 Å². The van der Waals surface area contributed by atoms with Gasteiger partial charge in [0.2, 0.25) is 0 Å².